The molecule has 3 unspecified atom stereocenters. The van der Waals surface area contributed by atoms with Gasteiger partial charge in [-0.25, -0.2) is 0 Å². The molecule has 1 heteroatoms. The SMILES string of the molecule is CC1CCC(C2CC(c3ccccc3)CCC2O)CC1. The zero-order valence-electron chi connectivity index (χ0n) is 12.7. The second kappa shape index (κ2) is 6.30. The minimum atomic E-state index is -0.0478. The van der Waals surface area contributed by atoms with Gasteiger partial charge in [0.25, 0.3) is 0 Å². The minimum absolute atomic E-state index is 0.0478. The van der Waals surface area contributed by atoms with E-state index in [0.717, 1.165) is 24.7 Å². The summed E-state index contributed by atoms with van der Waals surface area (Å²) in [6.07, 6.45) is 8.71. The second-order valence-corrected chi connectivity index (χ2v) is 7.17. The highest BCUT2D eigenvalue weighted by molar-refractivity contribution is 5.20. The van der Waals surface area contributed by atoms with Gasteiger partial charge in [0.1, 0.15) is 0 Å². The van der Waals surface area contributed by atoms with Crippen molar-refractivity contribution in [2.45, 2.75) is 63.9 Å². The summed E-state index contributed by atoms with van der Waals surface area (Å²) < 4.78 is 0. The van der Waals surface area contributed by atoms with Gasteiger partial charge in [0.05, 0.1) is 6.10 Å². The fourth-order valence-electron chi connectivity index (χ4n) is 4.44. The molecular weight excluding hydrogens is 244 g/mol. The molecule has 20 heavy (non-hydrogen) atoms. The lowest BCUT2D eigenvalue weighted by atomic mass is 9.66. The molecular formula is C19H28O. The molecule has 2 saturated carbocycles. The predicted octanol–water partition coefficient (Wildman–Crippen LogP) is 4.76. The smallest absolute Gasteiger partial charge is 0.0571 e. The molecule has 2 aliphatic rings. The number of rotatable bonds is 2. The van der Waals surface area contributed by atoms with Crippen LogP contribution in [-0.2, 0) is 0 Å². The first-order chi connectivity index (χ1) is 9.74. The maximum atomic E-state index is 10.5. The Morgan fingerprint density at radius 2 is 1.60 bits per heavy atom. The number of aliphatic hydroxyl groups excluding tert-OH is 1. The summed E-state index contributed by atoms with van der Waals surface area (Å²) in [5, 5.41) is 10.5. The summed E-state index contributed by atoms with van der Waals surface area (Å²) in [7, 11) is 0. The van der Waals surface area contributed by atoms with Crippen LogP contribution < -0.4 is 0 Å². The van der Waals surface area contributed by atoms with E-state index in [0.29, 0.717) is 11.8 Å². The molecule has 0 aromatic heterocycles. The van der Waals surface area contributed by atoms with Gasteiger partial charge in [0.15, 0.2) is 0 Å². The van der Waals surface area contributed by atoms with Crippen LogP contribution in [0.25, 0.3) is 0 Å². The zero-order valence-corrected chi connectivity index (χ0v) is 12.7. The first kappa shape index (κ1) is 14.1. The molecule has 1 aromatic carbocycles. The summed E-state index contributed by atoms with van der Waals surface area (Å²) in [4.78, 5) is 0. The summed E-state index contributed by atoms with van der Waals surface area (Å²) in [6.45, 7) is 2.38. The predicted molar refractivity (Wildman–Crippen MR) is 83.7 cm³/mol. The molecule has 3 rings (SSSR count). The van der Waals surface area contributed by atoms with E-state index in [1.165, 1.54) is 37.7 Å². The fourth-order valence-corrected chi connectivity index (χ4v) is 4.44. The van der Waals surface area contributed by atoms with Gasteiger partial charge in [0.2, 0.25) is 0 Å². The van der Waals surface area contributed by atoms with Gasteiger partial charge in [-0.1, -0.05) is 50.1 Å². The molecule has 1 N–H and O–H groups in total. The molecule has 3 atom stereocenters. The highest BCUT2D eigenvalue weighted by atomic mass is 16.3. The number of benzene rings is 1. The van der Waals surface area contributed by atoms with E-state index in [1.54, 1.807) is 0 Å². The lowest BCUT2D eigenvalue weighted by Crippen LogP contribution is -2.35. The first-order valence-corrected chi connectivity index (χ1v) is 8.47. The average Bonchev–Trinajstić information content (AvgIpc) is 2.50. The average molecular weight is 272 g/mol. The van der Waals surface area contributed by atoms with Crippen LogP contribution in [0.2, 0.25) is 0 Å². The molecule has 0 saturated heterocycles. The maximum Gasteiger partial charge on any atom is 0.0571 e. The van der Waals surface area contributed by atoms with Crippen LogP contribution in [0.1, 0.15) is 63.4 Å². The normalized spacial score (nSPS) is 38.6. The van der Waals surface area contributed by atoms with Crippen molar-refractivity contribution in [2.75, 3.05) is 0 Å². The van der Waals surface area contributed by atoms with E-state index >= 15 is 0 Å². The van der Waals surface area contributed by atoms with Crippen LogP contribution in [0.3, 0.4) is 0 Å². The van der Waals surface area contributed by atoms with Gasteiger partial charge in [-0.3, -0.25) is 0 Å². The Labute approximate surface area is 123 Å². The second-order valence-electron chi connectivity index (χ2n) is 7.17. The minimum Gasteiger partial charge on any atom is -0.393 e. The van der Waals surface area contributed by atoms with Crippen LogP contribution in [0, 0.1) is 17.8 Å². The van der Waals surface area contributed by atoms with Gasteiger partial charge in [-0.05, 0) is 61.3 Å². The largest absolute Gasteiger partial charge is 0.393 e. The fraction of sp³-hybridized carbons (Fsp3) is 0.684. The van der Waals surface area contributed by atoms with Crippen LogP contribution in [0.4, 0.5) is 0 Å². The van der Waals surface area contributed by atoms with E-state index in [-0.39, 0.29) is 6.10 Å². The number of aliphatic hydroxyl groups is 1. The quantitative estimate of drug-likeness (QED) is 0.823. The molecule has 0 aliphatic heterocycles. The number of hydrogen-bond acceptors (Lipinski definition) is 1. The lowest BCUT2D eigenvalue weighted by Gasteiger charge is -2.41. The van der Waals surface area contributed by atoms with Crippen molar-refractivity contribution in [1.29, 1.82) is 0 Å². The van der Waals surface area contributed by atoms with Crippen molar-refractivity contribution in [3.63, 3.8) is 0 Å². The molecule has 0 spiro atoms. The summed E-state index contributed by atoms with van der Waals surface area (Å²) >= 11 is 0. The highest BCUT2D eigenvalue weighted by Crippen LogP contribution is 2.44. The topological polar surface area (TPSA) is 20.2 Å². The number of hydrogen-bond donors (Lipinski definition) is 1. The standard InChI is InChI=1S/C19H28O/c1-14-7-9-16(10-8-14)18-13-17(11-12-19(18)20)15-5-3-2-4-6-15/h2-6,14,16-20H,7-13H2,1H3. The third-order valence-electron chi connectivity index (χ3n) is 5.80. The van der Waals surface area contributed by atoms with Crippen molar-refractivity contribution in [1.82, 2.24) is 0 Å². The van der Waals surface area contributed by atoms with E-state index in [2.05, 4.69) is 37.3 Å². The van der Waals surface area contributed by atoms with Gasteiger partial charge >= 0.3 is 0 Å². The van der Waals surface area contributed by atoms with Crippen molar-refractivity contribution < 1.29 is 5.11 Å². The van der Waals surface area contributed by atoms with E-state index < -0.39 is 0 Å². The summed E-state index contributed by atoms with van der Waals surface area (Å²) in [5.41, 5.74) is 1.48. The Hall–Kier alpha value is -0.820. The zero-order chi connectivity index (χ0) is 13.9. The van der Waals surface area contributed by atoms with Crippen molar-refractivity contribution in [2.24, 2.45) is 17.8 Å². The molecule has 0 radical (unpaired) electrons. The van der Waals surface area contributed by atoms with Crippen LogP contribution in [0.5, 0.6) is 0 Å². The van der Waals surface area contributed by atoms with Gasteiger partial charge < -0.3 is 5.11 Å². The van der Waals surface area contributed by atoms with Crippen LogP contribution >= 0.6 is 0 Å². The van der Waals surface area contributed by atoms with Crippen LogP contribution in [0.15, 0.2) is 30.3 Å². The molecule has 2 aliphatic carbocycles. The summed E-state index contributed by atoms with van der Waals surface area (Å²) in [6, 6.07) is 10.9. The molecule has 1 nitrogen and oxygen atoms in total. The highest BCUT2D eigenvalue weighted by Gasteiger charge is 2.36. The lowest BCUT2D eigenvalue weighted by molar-refractivity contribution is 0.0147. The molecule has 0 bridgehead atoms. The Kier molecular flexibility index (Phi) is 4.45. The van der Waals surface area contributed by atoms with Gasteiger partial charge in [-0.15, -0.1) is 0 Å². The third-order valence-corrected chi connectivity index (χ3v) is 5.80. The van der Waals surface area contributed by atoms with Gasteiger partial charge in [-0.2, -0.15) is 0 Å². The van der Waals surface area contributed by atoms with E-state index in [1.807, 2.05) is 0 Å². The third kappa shape index (κ3) is 3.09. The monoisotopic (exact) mass is 272 g/mol. The van der Waals surface area contributed by atoms with Crippen molar-refractivity contribution in [3.8, 4) is 0 Å². The van der Waals surface area contributed by atoms with Crippen LogP contribution in [-0.4, -0.2) is 11.2 Å². The molecule has 2 fully saturated rings. The molecule has 0 heterocycles. The Balaban J connectivity index is 1.67. The Bertz CT molecular complexity index is 405. The van der Waals surface area contributed by atoms with Crippen molar-refractivity contribution >= 4 is 0 Å². The van der Waals surface area contributed by atoms with Crippen molar-refractivity contribution in [3.05, 3.63) is 35.9 Å². The molecule has 1 aromatic rings. The van der Waals surface area contributed by atoms with E-state index in [4.69, 9.17) is 0 Å². The first-order valence-electron chi connectivity index (χ1n) is 8.47. The molecule has 0 amide bonds. The maximum absolute atomic E-state index is 10.5. The molecule has 110 valence electrons. The Morgan fingerprint density at radius 1 is 0.900 bits per heavy atom. The van der Waals surface area contributed by atoms with E-state index in [9.17, 15) is 5.11 Å². The summed E-state index contributed by atoms with van der Waals surface area (Å²) in [5.74, 6) is 2.88. The Morgan fingerprint density at radius 3 is 2.30 bits per heavy atom. The van der Waals surface area contributed by atoms with Gasteiger partial charge in [0, 0.05) is 0 Å².